The number of hydrogen-bond acceptors (Lipinski definition) is 11. The number of hydrogen-bond donors (Lipinski definition) is 2. The van der Waals surface area contributed by atoms with Crippen molar-refractivity contribution in [1.82, 2.24) is 10.4 Å². The van der Waals surface area contributed by atoms with Gasteiger partial charge in [-0.3, -0.25) is 24.6 Å². The molecule has 4 rings (SSSR count). The van der Waals surface area contributed by atoms with E-state index in [0.29, 0.717) is 12.1 Å². The Morgan fingerprint density at radius 1 is 0.769 bits per heavy atom. The molecule has 3 aromatic rings. The van der Waals surface area contributed by atoms with Crippen LogP contribution in [0.3, 0.4) is 0 Å². The molecule has 0 aliphatic carbocycles. The second-order valence-electron chi connectivity index (χ2n) is 12.5. The minimum absolute atomic E-state index is 0.0892. The molecule has 0 saturated carbocycles. The Morgan fingerprint density at radius 2 is 1.38 bits per heavy atom. The molecule has 282 valence electrons. The molecule has 0 bridgehead atoms. The zero-order valence-electron chi connectivity index (χ0n) is 30.8. The van der Waals surface area contributed by atoms with E-state index in [9.17, 15) is 19.2 Å². The normalized spacial score (nSPS) is 19.9. The van der Waals surface area contributed by atoms with E-state index in [2.05, 4.69) is 47.7 Å². The first-order valence-electron chi connectivity index (χ1n) is 18.0. The van der Waals surface area contributed by atoms with Crippen LogP contribution in [0.1, 0.15) is 82.3 Å². The molecule has 1 aliphatic heterocycles. The van der Waals surface area contributed by atoms with Gasteiger partial charge in [-0.15, -0.1) is 0 Å². The van der Waals surface area contributed by atoms with Gasteiger partial charge < -0.3 is 23.7 Å². The Morgan fingerprint density at radius 3 is 2.00 bits per heavy atom. The summed E-state index contributed by atoms with van der Waals surface area (Å²) in [5, 5.41) is 4.87. The summed E-state index contributed by atoms with van der Waals surface area (Å²) in [5.74, 6) is -1.61. The number of amides is 2. The lowest BCUT2D eigenvalue weighted by atomic mass is 9.99. The molecule has 52 heavy (non-hydrogen) atoms. The highest BCUT2D eigenvalue weighted by Gasteiger charge is 2.50. The maximum Gasteiger partial charge on any atom is 0.411 e. The molecule has 3 aromatic carbocycles. The third-order valence-electron chi connectivity index (χ3n) is 8.65. The Kier molecular flexibility index (Phi) is 15.4. The van der Waals surface area contributed by atoms with E-state index in [4.69, 9.17) is 28.5 Å². The van der Waals surface area contributed by atoms with Crippen LogP contribution in [-0.4, -0.2) is 79.2 Å². The number of carbonyl (C=O) groups excluding carboxylic acids is 4. The average Bonchev–Trinajstić information content (AvgIpc) is 3.16. The molecule has 2 amide bonds. The molecule has 0 radical (unpaired) electrons. The molecule has 0 aromatic heterocycles. The number of fused-ring (bicyclic) bond motifs is 1. The number of carbonyl (C=O) groups is 4. The van der Waals surface area contributed by atoms with Gasteiger partial charge in [0, 0.05) is 37.2 Å². The van der Waals surface area contributed by atoms with Gasteiger partial charge >= 0.3 is 18.0 Å². The van der Waals surface area contributed by atoms with Crippen molar-refractivity contribution in [3.8, 4) is 0 Å². The van der Waals surface area contributed by atoms with Gasteiger partial charge in [-0.25, -0.2) is 15.1 Å². The molecule has 5 atom stereocenters. The molecule has 1 fully saturated rings. The predicted octanol–water partition coefficient (Wildman–Crippen LogP) is 6.28. The lowest BCUT2D eigenvalue weighted by Crippen LogP contribution is -2.62. The summed E-state index contributed by atoms with van der Waals surface area (Å²) in [6.07, 6.45) is -4.74. The molecule has 0 spiro atoms. The summed E-state index contributed by atoms with van der Waals surface area (Å²) in [7, 11) is 0. The van der Waals surface area contributed by atoms with Crippen molar-refractivity contribution in [2.24, 2.45) is 0 Å². The fourth-order valence-corrected chi connectivity index (χ4v) is 5.68. The third-order valence-corrected chi connectivity index (χ3v) is 8.65. The van der Waals surface area contributed by atoms with Gasteiger partial charge in [0.2, 0.25) is 6.29 Å². The van der Waals surface area contributed by atoms with E-state index in [1.807, 2.05) is 25.1 Å². The van der Waals surface area contributed by atoms with Crippen LogP contribution in [0.5, 0.6) is 0 Å². The number of rotatable bonds is 17. The first-order chi connectivity index (χ1) is 25.1. The van der Waals surface area contributed by atoms with E-state index in [-0.39, 0.29) is 31.6 Å². The Labute approximate surface area is 305 Å². The number of hydroxylamine groups is 1. The number of ether oxygens (including phenoxy) is 5. The van der Waals surface area contributed by atoms with Crippen molar-refractivity contribution in [3.63, 3.8) is 0 Å². The number of benzene rings is 3. The maximum absolute atomic E-state index is 13.0. The third kappa shape index (κ3) is 11.2. The highest BCUT2D eigenvalue weighted by atomic mass is 16.8. The second-order valence-corrected chi connectivity index (χ2v) is 12.5. The molecule has 0 unspecified atom stereocenters. The number of nitrogens with one attached hydrogen (secondary N) is 2. The summed E-state index contributed by atoms with van der Waals surface area (Å²) >= 11 is 0. The molecule has 2 N–H and O–H groups in total. The van der Waals surface area contributed by atoms with Crippen molar-refractivity contribution in [1.29, 1.82) is 0 Å². The monoisotopic (exact) mass is 721 g/mol. The SMILES string of the molecule is CCCO[C@@H]1[C@H](ONC(=O)c2ccc(NC(=O)OCc3ccc4cc(CN(CC)CC)ccc4c3)cc2)O[C@@H](C)[C@@H](OC(=O)CC)[C@H]1OC(=O)CC. The molecule has 1 heterocycles. The lowest BCUT2D eigenvalue weighted by Gasteiger charge is -2.43. The Bertz CT molecular complexity index is 1650. The van der Waals surface area contributed by atoms with Gasteiger partial charge in [0.05, 0.1) is 6.10 Å². The first kappa shape index (κ1) is 40.2. The fourth-order valence-electron chi connectivity index (χ4n) is 5.68. The number of nitrogens with zero attached hydrogens (tertiary/aromatic N) is 1. The molecular weight excluding hydrogens is 670 g/mol. The van der Waals surface area contributed by atoms with E-state index in [1.165, 1.54) is 17.7 Å². The molecule has 1 saturated heterocycles. The van der Waals surface area contributed by atoms with E-state index < -0.39 is 54.6 Å². The van der Waals surface area contributed by atoms with Crippen molar-refractivity contribution in [2.75, 3.05) is 25.0 Å². The van der Waals surface area contributed by atoms with Crippen molar-refractivity contribution >= 4 is 40.4 Å². The van der Waals surface area contributed by atoms with Gasteiger partial charge in [0.25, 0.3) is 5.91 Å². The molecule has 13 heteroatoms. The van der Waals surface area contributed by atoms with Crippen molar-refractivity contribution in [2.45, 2.75) is 105 Å². The zero-order valence-corrected chi connectivity index (χ0v) is 30.8. The Balaban J connectivity index is 1.32. The summed E-state index contributed by atoms with van der Waals surface area (Å²) < 4.78 is 28.6. The van der Waals surface area contributed by atoms with Gasteiger partial charge in [0.1, 0.15) is 6.61 Å². The second kappa shape index (κ2) is 19.9. The zero-order chi connectivity index (χ0) is 37.6. The quantitative estimate of drug-likeness (QED) is 0.0922. The predicted molar refractivity (Wildman–Crippen MR) is 194 cm³/mol. The van der Waals surface area contributed by atoms with Crippen LogP contribution in [0.2, 0.25) is 0 Å². The van der Waals surface area contributed by atoms with Crippen molar-refractivity contribution < 1.29 is 47.7 Å². The van der Waals surface area contributed by atoms with Crippen LogP contribution >= 0.6 is 0 Å². The number of esters is 2. The van der Waals surface area contributed by atoms with Crippen LogP contribution in [0.15, 0.2) is 60.7 Å². The van der Waals surface area contributed by atoms with Crippen LogP contribution in [-0.2, 0) is 51.3 Å². The largest absolute Gasteiger partial charge is 0.456 e. The van der Waals surface area contributed by atoms with E-state index in [1.54, 1.807) is 32.9 Å². The van der Waals surface area contributed by atoms with E-state index in [0.717, 1.165) is 36.0 Å². The van der Waals surface area contributed by atoms with Crippen LogP contribution < -0.4 is 10.8 Å². The molecular formula is C39H51N3O10. The lowest BCUT2D eigenvalue weighted by molar-refractivity contribution is -0.316. The average molecular weight is 722 g/mol. The van der Waals surface area contributed by atoms with Crippen LogP contribution in [0.25, 0.3) is 10.8 Å². The molecule has 1 aliphatic rings. The van der Waals surface area contributed by atoms with Gasteiger partial charge in [-0.1, -0.05) is 58.9 Å². The summed E-state index contributed by atoms with van der Waals surface area (Å²) in [5.41, 5.74) is 5.14. The first-order valence-corrected chi connectivity index (χ1v) is 18.0. The molecule has 13 nitrogen and oxygen atoms in total. The summed E-state index contributed by atoms with van der Waals surface area (Å²) in [6, 6.07) is 18.5. The maximum atomic E-state index is 13.0. The minimum Gasteiger partial charge on any atom is -0.456 e. The topological polar surface area (TPSA) is 151 Å². The van der Waals surface area contributed by atoms with Crippen molar-refractivity contribution in [3.05, 3.63) is 77.4 Å². The Hall–Kier alpha value is -4.56. The summed E-state index contributed by atoms with van der Waals surface area (Å²) in [6.45, 7) is 14.4. The van der Waals surface area contributed by atoms with E-state index >= 15 is 0 Å². The van der Waals surface area contributed by atoms with Crippen LogP contribution in [0, 0.1) is 0 Å². The fraction of sp³-hybridized carbons (Fsp3) is 0.487. The highest BCUT2D eigenvalue weighted by Crippen LogP contribution is 2.29. The minimum atomic E-state index is -1.19. The van der Waals surface area contributed by atoms with Gasteiger partial charge in [0.15, 0.2) is 18.3 Å². The van der Waals surface area contributed by atoms with Gasteiger partial charge in [-0.2, -0.15) is 0 Å². The van der Waals surface area contributed by atoms with Gasteiger partial charge in [-0.05, 0) is 84.7 Å². The smallest absolute Gasteiger partial charge is 0.411 e. The highest BCUT2D eigenvalue weighted by molar-refractivity contribution is 5.94. The summed E-state index contributed by atoms with van der Waals surface area (Å²) in [4.78, 5) is 58.1. The number of anilines is 1. The standard InChI is InChI=1S/C39H51N3O10/c1-7-20-47-36-35(51-33(44)9-3)34(50-32(43)8-2)25(6)49-38(36)52-41-37(45)28-16-18-31(19-17-28)40-39(46)48-24-27-13-15-29-21-26(12-14-30(29)22-27)23-42(10-4)11-5/h12-19,21-22,25,34-36,38H,7-11,20,23-24H2,1-6H3,(H,40,46)(H,41,45)/t25-,34+,35+,36-,38-/m0/s1. The van der Waals surface area contributed by atoms with Crippen LogP contribution in [0.4, 0.5) is 10.5 Å².